The van der Waals surface area contributed by atoms with Gasteiger partial charge in [-0.15, -0.1) is 11.3 Å². The predicted octanol–water partition coefficient (Wildman–Crippen LogP) is 3.33. The van der Waals surface area contributed by atoms with Crippen LogP contribution >= 0.6 is 11.3 Å². The van der Waals surface area contributed by atoms with Crippen molar-refractivity contribution in [1.82, 2.24) is 20.5 Å². The van der Waals surface area contributed by atoms with E-state index in [0.717, 1.165) is 35.7 Å². The average molecular weight is 366 g/mol. The first kappa shape index (κ1) is 20.2. The summed E-state index contributed by atoms with van der Waals surface area (Å²) in [6.07, 6.45) is 2.66. The minimum atomic E-state index is 0.124. The van der Waals surface area contributed by atoms with Crippen LogP contribution in [0.3, 0.4) is 0 Å². The van der Waals surface area contributed by atoms with Gasteiger partial charge in [0.2, 0.25) is 0 Å². The Balaban J connectivity index is 1.94. The second-order valence-electron chi connectivity index (χ2n) is 7.80. The van der Waals surface area contributed by atoms with E-state index in [4.69, 9.17) is 4.99 Å². The van der Waals surface area contributed by atoms with Crippen LogP contribution < -0.4 is 10.6 Å². The van der Waals surface area contributed by atoms with Crippen molar-refractivity contribution < 1.29 is 0 Å². The maximum atomic E-state index is 4.73. The van der Waals surface area contributed by atoms with Crippen molar-refractivity contribution in [2.75, 3.05) is 26.2 Å². The molecule has 1 saturated heterocycles. The zero-order chi connectivity index (χ0) is 18.4. The minimum absolute atomic E-state index is 0.124. The van der Waals surface area contributed by atoms with Gasteiger partial charge in [0.05, 0.1) is 12.2 Å². The molecule has 0 bridgehead atoms. The number of nitrogens with zero attached hydrogens (tertiary/aromatic N) is 3. The van der Waals surface area contributed by atoms with Crippen LogP contribution in [-0.4, -0.2) is 47.6 Å². The van der Waals surface area contributed by atoms with Gasteiger partial charge in [-0.25, -0.2) is 9.98 Å². The van der Waals surface area contributed by atoms with Gasteiger partial charge in [0.1, 0.15) is 5.01 Å². The summed E-state index contributed by atoms with van der Waals surface area (Å²) in [5.41, 5.74) is 1.24. The summed E-state index contributed by atoms with van der Waals surface area (Å²) >= 11 is 1.74. The highest BCUT2D eigenvalue weighted by molar-refractivity contribution is 7.11. The van der Waals surface area contributed by atoms with Gasteiger partial charge in [-0.05, 0) is 59.9 Å². The fraction of sp³-hybridized carbons (Fsp3) is 0.789. The number of nitrogens with one attached hydrogen (secondary N) is 2. The van der Waals surface area contributed by atoms with E-state index in [2.05, 4.69) is 62.1 Å². The van der Waals surface area contributed by atoms with Crippen LogP contribution in [0, 0.1) is 19.8 Å². The first-order chi connectivity index (χ1) is 11.8. The molecule has 1 fully saturated rings. The number of aliphatic imine (C=N–C) groups is 1. The fourth-order valence-electron chi connectivity index (χ4n) is 3.25. The molecule has 0 aromatic carbocycles. The summed E-state index contributed by atoms with van der Waals surface area (Å²) in [7, 11) is 0. The van der Waals surface area contributed by atoms with Crippen molar-refractivity contribution in [3.05, 3.63) is 15.6 Å². The Morgan fingerprint density at radius 1 is 1.36 bits per heavy atom. The lowest BCUT2D eigenvalue weighted by Crippen LogP contribution is -2.55. The molecule has 0 radical (unpaired) electrons. The SMILES string of the molecule is CCNC(=NCc1nc(C)c(C)s1)NCC(C)(C)N1CCCC(C)C1. The Bertz CT molecular complexity index is 559. The third-order valence-electron chi connectivity index (χ3n) is 4.99. The van der Waals surface area contributed by atoms with Gasteiger partial charge in [0.25, 0.3) is 0 Å². The molecule has 1 aromatic rings. The number of hydrogen-bond donors (Lipinski definition) is 2. The maximum Gasteiger partial charge on any atom is 0.191 e. The van der Waals surface area contributed by atoms with Gasteiger partial charge < -0.3 is 10.6 Å². The second-order valence-corrected chi connectivity index (χ2v) is 9.09. The molecule has 142 valence electrons. The Kier molecular flexibility index (Phi) is 7.25. The van der Waals surface area contributed by atoms with Crippen LogP contribution in [0.4, 0.5) is 0 Å². The van der Waals surface area contributed by atoms with Gasteiger partial charge in [-0.3, -0.25) is 4.90 Å². The molecule has 6 heteroatoms. The molecule has 0 saturated carbocycles. The maximum absolute atomic E-state index is 4.73. The first-order valence-electron chi connectivity index (χ1n) is 9.52. The molecule has 1 aliphatic heterocycles. The lowest BCUT2D eigenvalue weighted by Gasteiger charge is -2.43. The largest absolute Gasteiger partial charge is 0.357 e. The number of thiazole rings is 1. The van der Waals surface area contributed by atoms with Crippen molar-refractivity contribution in [1.29, 1.82) is 0 Å². The Labute approximate surface area is 157 Å². The molecule has 1 aromatic heterocycles. The van der Waals surface area contributed by atoms with Gasteiger partial charge in [-0.1, -0.05) is 6.92 Å². The lowest BCUT2D eigenvalue weighted by molar-refractivity contribution is 0.0739. The van der Waals surface area contributed by atoms with E-state index in [1.807, 2.05) is 0 Å². The van der Waals surface area contributed by atoms with Crippen molar-refractivity contribution >= 4 is 17.3 Å². The molecule has 2 N–H and O–H groups in total. The van der Waals surface area contributed by atoms with Crippen LogP contribution in [0.5, 0.6) is 0 Å². The van der Waals surface area contributed by atoms with E-state index in [9.17, 15) is 0 Å². The zero-order valence-corrected chi connectivity index (χ0v) is 17.6. The standard InChI is InChI=1S/C19H35N5S/c1-7-20-18(21-11-17-23-15(3)16(4)25-17)22-13-19(5,6)24-10-8-9-14(2)12-24/h14H,7-13H2,1-6H3,(H2,20,21,22). The number of rotatable bonds is 6. The van der Waals surface area contributed by atoms with Crippen molar-refractivity contribution in [2.24, 2.45) is 10.9 Å². The molecule has 5 nitrogen and oxygen atoms in total. The van der Waals surface area contributed by atoms with Crippen LogP contribution in [-0.2, 0) is 6.54 Å². The smallest absolute Gasteiger partial charge is 0.191 e. The summed E-state index contributed by atoms with van der Waals surface area (Å²) in [6, 6.07) is 0. The van der Waals surface area contributed by atoms with Crippen molar-refractivity contribution in [2.45, 2.75) is 66.5 Å². The number of piperidine rings is 1. The fourth-order valence-corrected chi connectivity index (χ4v) is 4.10. The quantitative estimate of drug-likeness (QED) is 0.600. The molecule has 1 atom stereocenters. The van der Waals surface area contributed by atoms with Crippen LogP contribution in [0.25, 0.3) is 0 Å². The first-order valence-corrected chi connectivity index (χ1v) is 10.3. The van der Waals surface area contributed by atoms with Crippen LogP contribution in [0.1, 0.15) is 56.1 Å². The number of aromatic nitrogens is 1. The summed E-state index contributed by atoms with van der Waals surface area (Å²) in [4.78, 5) is 13.2. The lowest BCUT2D eigenvalue weighted by atomic mass is 9.93. The molecule has 1 unspecified atom stereocenters. The van der Waals surface area contributed by atoms with E-state index < -0.39 is 0 Å². The molecule has 0 spiro atoms. The monoisotopic (exact) mass is 365 g/mol. The molecule has 0 amide bonds. The molecular weight excluding hydrogens is 330 g/mol. The predicted molar refractivity (Wildman–Crippen MR) is 108 cm³/mol. The second kappa shape index (κ2) is 8.99. The summed E-state index contributed by atoms with van der Waals surface area (Å²) in [6.45, 7) is 18.1. The summed E-state index contributed by atoms with van der Waals surface area (Å²) < 4.78 is 0. The van der Waals surface area contributed by atoms with Crippen molar-refractivity contribution in [3.63, 3.8) is 0 Å². The van der Waals surface area contributed by atoms with Crippen LogP contribution in [0.2, 0.25) is 0 Å². The van der Waals surface area contributed by atoms with E-state index in [1.165, 1.54) is 30.8 Å². The third kappa shape index (κ3) is 5.96. The molecule has 0 aliphatic carbocycles. The number of aryl methyl sites for hydroxylation is 2. The van der Waals surface area contributed by atoms with Gasteiger partial charge in [0.15, 0.2) is 5.96 Å². The van der Waals surface area contributed by atoms with Crippen molar-refractivity contribution in [3.8, 4) is 0 Å². The zero-order valence-electron chi connectivity index (χ0n) is 16.8. The van der Waals surface area contributed by atoms with E-state index in [1.54, 1.807) is 11.3 Å². The molecular formula is C19H35N5S. The number of guanidine groups is 1. The van der Waals surface area contributed by atoms with Crippen LogP contribution in [0.15, 0.2) is 4.99 Å². The molecule has 25 heavy (non-hydrogen) atoms. The van der Waals surface area contributed by atoms with Gasteiger partial charge in [0, 0.05) is 30.1 Å². The molecule has 2 heterocycles. The Morgan fingerprint density at radius 3 is 2.72 bits per heavy atom. The highest BCUT2D eigenvalue weighted by Crippen LogP contribution is 2.23. The molecule has 1 aliphatic rings. The normalized spacial score (nSPS) is 19.9. The Hall–Kier alpha value is -1.14. The van der Waals surface area contributed by atoms with E-state index >= 15 is 0 Å². The number of likely N-dealkylation sites (tertiary alicyclic amines) is 1. The van der Waals surface area contributed by atoms with Gasteiger partial charge in [-0.2, -0.15) is 0 Å². The van der Waals surface area contributed by atoms with E-state index in [-0.39, 0.29) is 5.54 Å². The Morgan fingerprint density at radius 2 is 2.12 bits per heavy atom. The summed E-state index contributed by atoms with van der Waals surface area (Å²) in [5, 5.41) is 7.97. The number of hydrogen-bond acceptors (Lipinski definition) is 4. The topological polar surface area (TPSA) is 52.6 Å². The van der Waals surface area contributed by atoms with Gasteiger partial charge >= 0.3 is 0 Å². The van der Waals surface area contributed by atoms with E-state index in [0.29, 0.717) is 6.54 Å². The average Bonchev–Trinajstić information content (AvgIpc) is 2.88. The highest BCUT2D eigenvalue weighted by atomic mass is 32.1. The minimum Gasteiger partial charge on any atom is -0.357 e. The highest BCUT2D eigenvalue weighted by Gasteiger charge is 2.30. The molecule has 2 rings (SSSR count). The third-order valence-corrected chi connectivity index (χ3v) is 6.05. The summed E-state index contributed by atoms with van der Waals surface area (Å²) in [5.74, 6) is 1.68.